The summed E-state index contributed by atoms with van der Waals surface area (Å²) in [4.78, 5) is 15.7. The lowest BCUT2D eigenvalue weighted by Gasteiger charge is -2.23. The standard InChI is InChI=1S/C9H16N2O.C5H12N2/c12-9(10-5-1-2-6-10)11-7-3-4-8-11;6-5-1-3-7-4-2-5/h1-8H2;5,7H,1-4,6H2. The van der Waals surface area contributed by atoms with E-state index in [0.717, 1.165) is 52.1 Å². The molecule has 0 atom stereocenters. The van der Waals surface area contributed by atoms with Gasteiger partial charge in [-0.2, -0.15) is 0 Å². The predicted molar refractivity (Wildman–Crippen MR) is 77.1 cm³/mol. The van der Waals surface area contributed by atoms with Crippen molar-refractivity contribution in [1.82, 2.24) is 15.1 Å². The number of carbonyl (C=O) groups is 1. The minimum Gasteiger partial charge on any atom is -0.328 e. The van der Waals surface area contributed by atoms with Crippen LogP contribution in [0.15, 0.2) is 0 Å². The Balaban J connectivity index is 0.000000163. The maximum absolute atomic E-state index is 11.7. The normalized spacial score (nSPS) is 24.3. The molecule has 3 aliphatic rings. The van der Waals surface area contributed by atoms with Crippen molar-refractivity contribution in [2.75, 3.05) is 39.3 Å². The Kier molecular flexibility index (Phi) is 5.92. The summed E-state index contributed by atoms with van der Waals surface area (Å²) in [7, 11) is 0. The van der Waals surface area contributed by atoms with E-state index in [1.54, 1.807) is 0 Å². The van der Waals surface area contributed by atoms with Crippen molar-refractivity contribution >= 4 is 6.03 Å². The van der Waals surface area contributed by atoms with Crippen LogP contribution in [0.25, 0.3) is 0 Å². The zero-order valence-corrected chi connectivity index (χ0v) is 11.9. The lowest BCUT2D eigenvalue weighted by molar-refractivity contribution is 0.173. The fraction of sp³-hybridized carbons (Fsp3) is 0.929. The SMILES string of the molecule is NC1CCNCC1.O=C(N1CCCC1)N1CCCC1. The molecule has 3 N–H and O–H groups in total. The molecule has 0 unspecified atom stereocenters. The quantitative estimate of drug-likeness (QED) is 0.689. The van der Waals surface area contributed by atoms with Crippen LogP contribution in [0, 0.1) is 0 Å². The van der Waals surface area contributed by atoms with Crippen molar-refractivity contribution < 1.29 is 4.79 Å². The summed E-state index contributed by atoms with van der Waals surface area (Å²) in [5, 5.41) is 3.24. The minimum absolute atomic E-state index is 0.282. The smallest absolute Gasteiger partial charge is 0.319 e. The van der Waals surface area contributed by atoms with E-state index in [0.29, 0.717) is 6.04 Å². The highest BCUT2D eigenvalue weighted by molar-refractivity contribution is 5.74. The molecule has 3 aliphatic heterocycles. The van der Waals surface area contributed by atoms with E-state index in [1.165, 1.54) is 25.7 Å². The fourth-order valence-electron chi connectivity index (χ4n) is 2.86. The summed E-state index contributed by atoms with van der Waals surface area (Å²) in [5.74, 6) is 0. The molecule has 0 aromatic heterocycles. The molecule has 3 rings (SSSR count). The van der Waals surface area contributed by atoms with Gasteiger partial charge in [-0.3, -0.25) is 0 Å². The van der Waals surface area contributed by atoms with Crippen LogP contribution in [-0.4, -0.2) is 61.1 Å². The van der Waals surface area contributed by atoms with Gasteiger partial charge in [0, 0.05) is 32.2 Å². The third-order valence-corrected chi connectivity index (χ3v) is 4.14. The van der Waals surface area contributed by atoms with Gasteiger partial charge in [0.1, 0.15) is 0 Å². The number of rotatable bonds is 0. The summed E-state index contributed by atoms with van der Waals surface area (Å²) in [6.45, 7) is 6.15. The number of hydrogen-bond donors (Lipinski definition) is 2. The van der Waals surface area contributed by atoms with Crippen LogP contribution in [0.1, 0.15) is 38.5 Å². The predicted octanol–water partition coefficient (Wildman–Crippen LogP) is 0.995. The number of likely N-dealkylation sites (tertiary alicyclic amines) is 2. The summed E-state index contributed by atoms with van der Waals surface area (Å²) < 4.78 is 0. The second-order valence-corrected chi connectivity index (χ2v) is 5.76. The number of nitrogens with zero attached hydrogens (tertiary/aromatic N) is 2. The average Bonchev–Trinajstić information content (AvgIpc) is 3.13. The summed E-state index contributed by atoms with van der Waals surface area (Å²) in [6, 6.07) is 0.756. The topological polar surface area (TPSA) is 61.6 Å². The van der Waals surface area contributed by atoms with E-state index in [4.69, 9.17) is 5.73 Å². The average molecular weight is 268 g/mol. The lowest BCUT2D eigenvalue weighted by Crippen LogP contribution is -2.39. The van der Waals surface area contributed by atoms with Gasteiger partial charge in [0.15, 0.2) is 0 Å². The van der Waals surface area contributed by atoms with Crippen LogP contribution >= 0.6 is 0 Å². The van der Waals surface area contributed by atoms with Crippen LogP contribution in [0.5, 0.6) is 0 Å². The first-order valence-corrected chi connectivity index (χ1v) is 7.77. The first-order chi connectivity index (χ1) is 9.27. The van der Waals surface area contributed by atoms with Crippen LogP contribution in [0.2, 0.25) is 0 Å². The number of nitrogens with two attached hydrogens (primary N) is 1. The van der Waals surface area contributed by atoms with Gasteiger partial charge in [-0.05, 0) is 51.6 Å². The minimum atomic E-state index is 0.282. The highest BCUT2D eigenvalue weighted by Crippen LogP contribution is 2.14. The second-order valence-electron chi connectivity index (χ2n) is 5.76. The molecule has 0 aromatic rings. The first-order valence-electron chi connectivity index (χ1n) is 7.77. The molecular weight excluding hydrogens is 240 g/mol. The molecule has 0 aliphatic carbocycles. The summed E-state index contributed by atoms with van der Waals surface area (Å²) >= 11 is 0. The van der Waals surface area contributed by atoms with Gasteiger partial charge in [0.2, 0.25) is 0 Å². The molecule has 110 valence electrons. The molecule has 5 nitrogen and oxygen atoms in total. The van der Waals surface area contributed by atoms with Crippen molar-refractivity contribution in [2.24, 2.45) is 5.73 Å². The number of nitrogens with one attached hydrogen (secondary N) is 1. The molecule has 19 heavy (non-hydrogen) atoms. The fourth-order valence-corrected chi connectivity index (χ4v) is 2.86. The summed E-state index contributed by atoms with van der Waals surface area (Å²) in [6.07, 6.45) is 7.08. The zero-order valence-electron chi connectivity index (χ0n) is 11.9. The Morgan fingerprint density at radius 2 is 1.32 bits per heavy atom. The van der Waals surface area contributed by atoms with Crippen LogP contribution in [-0.2, 0) is 0 Å². The van der Waals surface area contributed by atoms with Gasteiger partial charge in [0.25, 0.3) is 0 Å². The zero-order chi connectivity index (χ0) is 13.5. The van der Waals surface area contributed by atoms with Gasteiger partial charge in [-0.1, -0.05) is 0 Å². The Morgan fingerprint density at radius 3 is 1.63 bits per heavy atom. The Morgan fingerprint density at radius 1 is 0.895 bits per heavy atom. The molecule has 0 aromatic carbocycles. The first kappa shape index (κ1) is 14.6. The van der Waals surface area contributed by atoms with Gasteiger partial charge < -0.3 is 20.9 Å². The lowest BCUT2D eigenvalue weighted by atomic mass is 10.1. The van der Waals surface area contributed by atoms with E-state index < -0.39 is 0 Å². The third kappa shape index (κ3) is 4.66. The molecule has 0 saturated carbocycles. The highest BCUT2D eigenvalue weighted by Gasteiger charge is 2.25. The van der Waals surface area contributed by atoms with Crippen molar-refractivity contribution in [3.63, 3.8) is 0 Å². The molecule has 3 saturated heterocycles. The Bertz CT molecular complexity index is 249. The molecule has 2 amide bonds. The van der Waals surface area contributed by atoms with Crippen LogP contribution in [0.3, 0.4) is 0 Å². The number of amides is 2. The molecule has 0 spiro atoms. The second kappa shape index (κ2) is 7.70. The van der Waals surface area contributed by atoms with Crippen molar-refractivity contribution in [3.05, 3.63) is 0 Å². The molecule has 3 fully saturated rings. The Labute approximate surface area is 116 Å². The summed E-state index contributed by atoms with van der Waals surface area (Å²) in [5.41, 5.74) is 5.59. The van der Waals surface area contributed by atoms with Gasteiger partial charge in [-0.15, -0.1) is 0 Å². The highest BCUT2D eigenvalue weighted by atomic mass is 16.2. The Hall–Kier alpha value is -0.810. The maximum Gasteiger partial charge on any atom is 0.319 e. The van der Waals surface area contributed by atoms with Crippen molar-refractivity contribution in [1.29, 1.82) is 0 Å². The molecular formula is C14H28N4O. The number of hydrogen-bond acceptors (Lipinski definition) is 3. The number of piperidine rings is 1. The number of carbonyl (C=O) groups excluding carboxylic acids is 1. The van der Waals surface area contributed by atoms with E-state index in [9.17, 15) is 4.79 Å². The van der Waals surface area contributed by atoms with Crippen molar-refractivity contribution in [3.8, 4) is 0 Å². The monoisotopic (exact) mass is 268 g/mol. The van der Waals surface area contributed by atoms with Gasteiger partial charge >= 0.3 is 6.03 Å². The van der Waals surface area contributed by atoms with Crippen LogP contribution in [0.4, 0.5) is 4.79 Å². The van der Waals surface area contributed by atoms with E-state index >= 15 is 0 Å². The molecule has 0 radical (unpaired) electrons. The van der Waals surface area contributed by atoms with Gasteiger partial charge in [0.05, 0.1) is 0 Å². The van der Waals surface area contributed by atoms with Gasteiger partial charge in [-0.25, -0.2) is 4.79 Å². The molecule has 5 heteroatoms. The maximum atomic E-state index is 11.7. The van der Waals surface area contributed by atoms with Crippen molar-refractivity contribution in [2.45, 2.75) is 44.6 Å². The number of urea groups is 1. The molecule has 0 bridgehead atoms. The third-order valence-electron chi connectivity index (χ3n) is 4.14. The van der Waals surface area contributed by atoms with E-state index in [1.807, 2.05) is 9.80 Å². The van der Waals surface area contributed by atoms with E-state index in [-0.39, 0.29) is 6.03 Å². The largest absolute Gasteiger partial charge is 0.328 e. The van der Waals surface area contributed by atoms with E-state index in [2.05, 4.69) is 5.32 Å². The van der Waals surface area contributed by atoms with Crippen LogP contribution < -0.4 is 11.1 Å². The molecule has 3 heterocycles.